The Hall–Kier alpha value is -1.62. The van der Waals surface area contributed by atoms with Gasteiger partial charge in [0.2, 0.25) is 0 Å². The van der Waals surface area contributed by atoms with E-state index in [0.29, 0.717) is 16.8 Å². The number of hydrogen-bond acceptors (Lipinski definition) is 3. The van der Waals surface area contributed by atoms with Crippen molar-refractivity contribution in [3.8, 4) is 5.75 Å². The highest BCUT2D eigenvalue weighted by Gasteiger charge is 2.03. The fourth-order valence-electron chi connectivity index (χ4n) is 1.60. The lowest BCUT2D eigenvalue weighted by atomic mass is 10.3. The van der Waals surface area contributed by atoms with Gasteiger partial charge in [-0.3, -0.25) is 4.98 Å². The van der Waals surface area contributed by atoms with E-state index in [-0.39, 0.29) is 5.82 Å². The summed E-state index contributed by atoms with van der Waals surface area (Å²) in [5, 5.41) is 3.20. The highest BCUT2D eigenvalue weighted by atomic mass is 79.9. The van der Waals surface area contributed by atoms with Crippen LogP contribution in [0.2, 0.25) is 0 Å². The number of nitrogens with one attached hydrogen (secondary N) is 1. The Bertz CT molecular complexity index is 563. The molecule has 2 rings (SSSR count). The first-order valence-corrected chi connectivity index (χ1v) is 6.75. The number of nitrogens with zero attached hydrogens (tertiary/aromatic N) is 1. The third-order valence-corrected chi connectivity index (χ3v) is 3.12. The van der Waals surface area contributed by atoms with E-state index in [4.69, 9.17) is 4.74 Å². The lowest BCUT2D eigenvalue weighted by molar-refractivity contribution is 0.299. The molecule has 1 heterocycles. The molecule has 5 heteroatoms. The second kappa shape index (κ2) is 6.52. The summed E-state index contributed by atoms with van der Waals surface area (Å²) < 4.78 is 19.3. The van der Waals surface area contributed by atoms with Crippen LogP contribution in [0, 0.1) is 5.82 Å². The van der Waals surface area contributed by atoms with Crippen LogP contribution in [0.25, 0.3) is 0 Å². The number of anilines is 1. The second-order valence-electron chi connectivity index (χ2n) is 3.93. The van der Waals surface area contributed by atoms with Gasteiger partial charge in [-0.15, -0.1) is 0 Å². The lowest BCUT2D eigenvalue weighted by Crippen LogP contribution is -2.01. The number of benzene rings is 1. The normalized spacial score (nSPS) is 10.3. The van der Waals surface area contributed by atoms with Crippen LogP contribution < -0.4 is 10.1 Å². The van der Waals surface area contributed by atoms with Gasteiger partial charge in [0.05, 0.1) is 10.2 Å². The molecule has 0 saturated heterocycles. The Balaban J connectivity index is 2.01. The summed E-state index contributed by atoms with van der Waals surface area (Å²) >= 11 is 3.10. The molecule has 0 bridgehead atoms. The molecule has 0 spiro atoms. The predicted octanol–water partition coefficient (Wildman–Crippen LogP) is 3.99. The average Bonchev–Trinajstić information content (AvgIpc) is 2.41. The highest BCUT2D eigenvalue weighted by Crippen LogP contribution is 2.21. The summed E-state index contributed by atoms with van der Waals surface area (Å²) in [5.74, 6) is 0.142. The standard InChI is InChI=1S/C14H14BrFN2O/c1-2-17-10-5-6-18-11(7-10)9-19-12-3-4-13(15)14(16)8-12/h3-8H,2,9H2,1H3,(H,17,18). The first-order valence-electron chi connectivity index (χ1n) is 5.95. The van der Waals surface area contributed by atoms with Gasteiger partial charge in [-0.25, -0.2) is 4.39 Å². The molecule has 3 nitrogen and oxygen atoms in total. The lowest BCUT2D eigenvalue weighted by Gasteiger charge is -2.08. The van der Waals surface area contributed by atoms with Gasteiger partial charge in [0.15, 0.2) is 0 Å². The molecule has 1 aromatic heterocycles. The summed E-state index contributed by atoms with van der Waals surface area (Å²) in [4.78, 5) is 4.21. The first kappa shape index (κ1) is 13.8. The number of hydrogen-bond donors (Lipinski definition) is 1. The molecule has 0 radical (unpaired) electrons. The number of aromatic nitrogens is 1. The van der Waals surface area contributed by atoms with Gasteiger partial charge in [0.25, 0.3) is 0 Å². The van der Waals surface area contributed by atoms with Crippen molar-refractivity contribution in [1.82, 2.24) is 4.98 Å². The van der Waals surface area contributed by atoms with Crippen LogP contribution in [0.3, 0.4) is 0 Å². The number of ether oxygens (including phenoxy) is 1. The van der Waals surface area contributed by atoms with Gasteiger partial charge < -0.3 is 10.1 Å². The molecule has 0 unspecified atom stereocenters. The zero-order chi connectivity index (χ0) is 13.7. The summed E-state index contributed by atoms with van der Waals surface area (Å²) in [7, 11) is 0. The van der Waals surface area contributed by atoms with E-state index in [1.807, 2.05) is 19.1 Å². The van der Waals surface area contributed by atoms with Crippen molar-refractivity contribution in [3.63, 3.8) is 0 Å². The third-order valence-electron chi connectivity index (χ3n) is 2.48. The Morgan fingerprint density at radius 1 is 1.32 bits per heavy atom. The zero-order valence-corrected chi connectivity index (χ0v) is 12.1. The van der Waals surface area contributed by atoms with E-state index >= 15 is 0 Å². The molecule has 0 amide bonds. The van der Waals surface area contributed by atoms with Crippen LogP contribution in [-0.4, -0.2) is 11.5 Å². The van der Waals surface area contributed by atoms with Crippen LogP contribution in [0.15, 0.2) is 41.0 Å². The molecule has 0 atom stereocenters. The number of pyridine rings is 1. The fraction of sp³-hybridized carbons (Fsp3) is 0.214. The maximum Gasteiger partial charge on any atom is 0.141 e. The minimum atomic E-state index is -0.341. The van der Waals surface area contributed by atoms with Gasteiger partial charge in [-0.1, -0.05) is 0 Å². The highest BCUT2D eigenvalue weighted by molar-refractivity contribution is 9.10. The van der Waals surface area contributed by atoms with Crippen LogP contribution >= 0.6 is 15.9 Å². The zero-order valence-electron chi connectivity index (χ0n) is 10.5. The van der Waals surface area contributed by atoms with Gasteiger partial charge in [0.1, 0.15) is 18.2 Å². The van der Waals surface area contributed by atoms with Crippen LogP contribution in [0.4, 0.5) is 10.1 Å². The minimum absolute atomic E-state index is 0.306. The van der Waals surface area contributed by atoms with Gasteiger partial charge in [0, 0.05) is 24.5 Å². The predicted molar refractivity (Wildman–Crippen MR) is 76.8 cm³/mol. The van der Waals surface area contributed by atoms with Crippen molar-refractivity contribution < 1.29 is 9.13 Å². The Morgan fingerprint density at radius 3 is 2.89 bits per heavy atom. The maximum atomic E-state index is 13.3. The maximum absolute atomic E-state index is 13.3. The van der Waals surface area contributed by atoms with Crippen LogP contribution in [0.5, 0.6) is 5.75 Å². The largest absolute Gasteiger partial charge is 0.487 e. The van der Waals surface area contributed by atoms with Crippen molar-refractivity contribution in [1.29, 1.82) is 0 Å². The van der Waals surface area contributed by atoms with E-state index in [2.05, 4.69) is 26.2 Å². The Morgan fingerprint density at radius 2 is 2.16 bits per heavy atom. The van der Waals surface area contributed by atoms with Crippen LogP contribution in [-0.2, 0) is 6.61 Å². The van der Waals surface area contributed by atoms with Crippen LogP contribution in [0.1, 0.15) is 12.6 Å². The van der Waals surface area contributed by atoms with Crippen molar-refractivity contribution in [3.05, 3.63) is 52.5 Å². The van der Waals surface area contributed by atoms with E-state index < -0.39 is 0 Å². The van der Waals surface area contributed by atoms with E-state index in [1.54, 1.807) is 18.3 Å². The van der Waals surface area contributed by atoms with Crippen molar-refractivity contribution in [2.45, 2.75) is 13.5 Å². The molecule has 2 aromatic rings. The number of halogens is 2. The van der Waals surface area contributed by atoms with Crippen molar-refractivity contribution in [2.24, 2.45) is 0 Å². The topological polar surface area (TPSA) is 34.2 Å². The molecule has 19 heavy (non-hydrogen) atoms. The Labute approximate surface area is 119 Å². The smallest absolute Gasteiger partial charge is 0.141 e. The molecule has 1 aromatic carbocycles. The van der Waals surface area contributed by atoms with Gasteiger partial charge in [-0.2, -0.15) is 0 Å². The number of rotatable bonds is 5. The van der Waals surface area contributed by atoms with E-state index in [0.717, 1.165) is 17.9 Å². The fourth-order valence-corrected chi connectivity index (χ4v) is 1.84. The summed E-state index contributed by atoms with van der Waals surface area (Å²) in [6, 6.07) is 8.48. The second-order valence-corrected chi connectivity index (χ2v) is 4.79. The molecule has 0 aliphatic rings. The molecule has 0 fully saturated rings. The Kier molecular flexibility index (Phi) is 4.74. The van der Waals surface area contributed by atoms with Crippen molar-refractivity contribution in [2.75, 3.05) is 11.9 Å². The first-order chi connectivity index (χ1) is 9.19. The molecule has 0 saturated carbocycles. The summed E-state index contributed by atoms with van der Waals surface area (Å²) in [5.41, 5.74) is 1.79. The quantitative estimate of drug-likeness (QED) is 0.902. The summed E-state index contributed by atoms with van der Waals surface area (Å²) in [6.07, 6.45) is 1.72. The van der Waals surface area contributed by atoms with E-state index in [9.17, 15) is 4.39 Å². The van der Waals surface area contributed by atoms with Crippen molar-refractivity contribution >= 4 is 21.6 Å². The van der Waals surface area contributed by atoms with Gasteiger partial charge in [-0.05, 0) is 47.1 Å². The van der Waals surface area contributed by atoms with E-state index in [1.165, 1.54) is 6.07 Å². The molecule has 1 N–H and O–H groups in total. The summed E-state index contributed by atoms with van der Waals surface area (Å²) in [6.45, 7) is 3.18. The van der Waals surface area contributed by atoms with Gasteiger partial charge >= 0.3 is 0 Å². The molecular weight excluding hydrogens is 311 g/mol. The monoisotopic (exact) mass is 324 g/mol. The SMILES string of the molecule is CCNc1ccnc(COc2ccc(Br)c(F)c2)c1. The third kappa shape index (κ3) is 3.92. The molecule has 0 aliphatic heterocycles. The average molecular weight is 325 g/mol. The molecular formula is C14H14BrFN2O. The molecule has 100 valence electrons. The minimum Gasteiger partial charge on any atom is -0.487 e. The molecule has 0 aliphatic carbocycles.